The van der Waals surface area contributed by atoms with Gasteiger partial charge in [-0.2, -0.15) is 0 Å². The molecular weight excluding hydrogens is 122 g/mol. The van der Waals surface area contributed by atoms with Crippen LogP contribution in [0.25, 0.3) is 0 Å². The van der Waals surface area contributed by atoms with Gasteiger partial charge in [0.2, 0.25) is 0 Å². The molecule has 0 bridgehead atoms. The topological polar surface area (TPSA) is 70.4 Å². The first-order chi connectivity index (χ1) is 4.16. The van der Waals surface area contributed by atoms with Gasteiger partial charge in [0.25, 0.3) is 0 Å². The van der Waals surface area contributed by atoms with E-state index >= 15 is 0 Å². The number of carboxylic acid groups (broad SMARTS) is 1. The van der Waals surface area contributed by atoms with E-state index in [4.69, 9.17) is 10.5 Å². The molecule has 0 aromatic heterocycles. The van der Waals surface area contributed by atoms with E-state index in [-0.39, 0.29) is 18.7 Å². The number of hydrogen-bond acceptors (Lipinski definition) is 3. The molecule has 0 heterocycles. The SMILES string of the molecule is COC(=N)CCC(=O)O. The normalized spacial score (nSPS) is 8.56. The van der Waals surface area contributed by atoms with Crippen LogP contribution in [0.2, 0.25) is 0 Å². The number of aliphatic carboxylic acids is 1. The Morgan fingerprint density at radius 1 is 1.67 bits per heavy atom. The minimum atomic E-state index is -0.906. The van der Waals surface area contributed by atoms with Gasteiger partial charge in [-0.25, -0.2) is 0 Å². The molecule has 0 amide bonds. The summed E-state index contributed by atoms with van der Waals surface area (Å²) in [6.45, 7) is 0. The summed E-state index contributed by atoms with van der Waals surface area (Å²) in [5, 5.41) is 15.0. The third kappa shape index (κ3) is 4.80. The van der Waals surface area contributed by atoms with E-state index in [9.17, 15) is 4.79 Å². The van der Waals surface area contributed by atoms with Gasteiger partial charge >= 0.3 is 5.97 Å². The maximum atomic E-state index is 9.87. The number of carboxylic acids is 1. The molecule has 0 fully saturated rings. The van der Waals surface area contributed by atoms with Crippen molar-refractivity contribution < 1.29 is 14.6 Å². The van der Waals surface area contributed by atoms with E-state index < -0.39 is 5.97 Å². The fraction of sp³-hybridized carbons (Fsp3) is 0.600. The second-order valence-corrected chi connectivity index (χ2v) is 1.52. The Hall–Kier alpha value is -1.06. The molecule has 0 aromatic rings. The zero-order valence-corrected chi connectivity index (χ0v) is 5.18. The molecule has 9 heavy (non-hydrogen) atoms. The van der Waals surface area contributed by atoms with Crippen LogP contribution in [0.3, 0.4) is 0 Å². The van der Waals surface area contributed by atoms with Gasteiger partial charge in [0.05, 0.1) is 13.5 Å². The van der Waals surface area contributed by atoms with Gasteiger partial charge in [-0.05, 0) is 0 Å². The van der Waals surface area contributed by atoms with Crippen molar-refractivity contribution in [1.82, 2.24) is 0 Å². The van der Waals surface area contributed by atoms with E-state index in [1.165, 1.54) is 7.11 Å². The summed E-state index contributed by atoms with van der Waals surface area (Å²) in [5.74, 6) is -0.894. The zero-order chi connectivity index (χ0) is 7.28. The summed E-state index contributed by atoms with van der Waals surface area (Å²) in [4.78, 5) is 9.87. The predicted molar refractivity (Wildman–Crippen MR) is 31.6 cm³/mol. The summed E-state index contributed by atoms with van der Waals surface area (Å²) < 4.78 is 4.42. The minimum Gasteiger partial charge on any atom is -0.484 e. The van der Waals surface area contributed by atoms with E-state index in [1.54, 1.807) is 0 Å². The van der Waals surface area contributed by atoms with Crippen LogP contribution in [0, 0.1) is 5.41 Å². The second kappa shape index (κ2) is 3.88. The maximum Gasteiger partial charge on any atom is 0.303 e. The summed E-state index contributed by atoms with van der Waals surface area (Å²) in [6, 6.07) is 0. The number of nitrogens with one attached hydrogen (secondary N) is 1. The predicted octanol–water partition coefficient (Wildman–Crippen LogP) is 0.475. The van der Waals surface area contributed by atoms with Crippen LogP contribution < -0.4 is 0 Å². The first-order valence-electron chi connectivity index (χ1n) is 2.50. The first-order valence-corrected chi connectivity index (χ1v) is 2.50. The van der Waals surface area contributed by atoms with Gasteiger partial charge in [-0.15, -0.1) is 0 Å². The standard InChI is InChI=1S/C5H9NO3/c1-9-4(6)2-3-5(7)8/h6H,2-3H2,1H3,(H,7,8). The lowest BCUT2D eigenvalue weighted by Crippen LogP contribution is -2.03. The van der Waals surface area contributed by atoms with Crippen molar-refractivity contribution in [3.8, 4) is 0 Å². The van der Waals surface area contributed by atoms with Gasteiger partial charge in [0.15, 0.2) is 5.90 Å². The Morgan fingerprint density at radius 2 is 2.22 bits per heavy atom. The molecule has 2 N–H and O–H groups in total. The molecule has 0 atom stereocenters. The highest BCUT2D eigenvalue weighted by molar-refractivity contribution is 5.78. The molecule has 0 spiro atoms. The third-order valence-electron chi connectivity index (χ3n) is 0.812. The van der Waals surface area contributed by atoms with Gasteiger partial charge in [0, 0.05) is 6.42 Å². The molecule has 0 aliphatic rings. The second-order valence-electron chi connectivity index (χ2n) is 1.52. The molecule has 52 valence electrons. The highest BCUT2D eigenvalue weighted by Crippen LogP contribution is 1.90. The van der Waals surface area contributed by atoms with Crippen LogP contribution in [-0.4, -0.2) is 24.1 Å². The number of ether oxygens (including phenoxy) is 1. The van der Waals surface area contributed by atoms with Crippen LogP contribution in [0.15, 0.2) is 0 Å². The van der Waals surface area contributed by atoms with Crippen molar-refractivity contribution in [1.29, 1.82) is 5.41 Å². The Morgan fingerprint density at radius 3 is 2.56 bits per heavy atom. The maximum absolute atomic E-state index is 9.87. The van der Waals surface area contributed by atoms with Crippen LogP contribution in [0.5, 0.6) is 0 Å². The molecule has 0 aliphatic heterocycles. The van der Waals surface area contributed by atoms with Crippen molar-refractivity contribution in [2.24, 2.45) is 0 Å². The molecule has 0 aromatic carbocycles. The van der Waals surface area contributed by atoms with Gasteiger partial charge in [-0.1, -0.05) is 0 Å². The molecule has 4 heteroatoms. The fourth-order valence-electron chi connectivity index (χ4n) is 0.323. The fourth-order valence-corrected chi connectivity index (χ4v) is 0.323. The minimum absolute atomic E-state index is 0.0115. The van der Waals surface area contributed by atoms with Crippen molar-refractivity contribution in [3.63, 3.8) is 0 Å². The zero-order valence-electron chi connectivity index (χ0n) is 5.18. The summed E-state index contributed by atoms with van der Waals surface area (Å²) in [7, 11) is 1.35. The molecular formula is C5H9NO3. The van der Waals surface area contributed by atoms with Gasteiger partial charge in [-0.3, -0.25) is 10.2 Å². The highest BCUT2D eigenvalue weighted by Gasteiger charge is 1.99. The lowest BCUT2D eigenvalue weighted by Gasteiger charge is -1.96. The lowest BCUT2D eigenvalue weighted by molar-refractivity contribution is -0.136. The molecule has 0 rings (SSSR count). The van der Waals surface area contributed by atoms with Crippen molar-refractivity contribution in [2.45, 2.75) is 12.8 Å². The van der Waals surface area contributed by atoms with Gasteiger partial charge in [0.1, 0.15) is 0 Å². The molecule has 0 radical (unpaired) electrons. The third-order valence-corrected chi connectivity index (χ3v) is 0.812. The average molecular weight is 131 g/mol. The largest absolute Gasteiger partial charge is 0.484 e. The Balaban J connectivity index is 3.28. The van der Waals surface area contributed by atoms with Crippen LogP contribution >= 0.6 is 0 Å². The van der Waals surface area contributed by atoms with Crippen LogP contribution in [0.4, 0.5) is 0 Å². The number of carbonyl (C=O) groups is 1. The molecule has 0 saturated heterocycles. The van der Waals surface area contributed by atoms with Crippen LogP contribution in [0.1, 0.15) is 12.8 Å². The van der Waals surface area contributed by atoms with Gasteiger partial charge < -0.3 is 9.84 Å². The lowest BCUT2D eigenvalue weighted by atomic mass is 10.3. The highest BCUT2D eigenvalue weighted by atomic mass is 16.5. The Labute approximate surface area is 53.0 Å². The van der Waals surface area contributed by atoms with Crippen molar-refractivity contribution >= 4 is 11.9 Å². The quantitative estimate of drug-likeness (QED) is 0.432. The molecule has 0 saturated carbocycles. The molecule has 4 nitrogen and oxygen atoms in total. The van der Waals surface area contributed by atoms with E-state index in [0.29, 0.717) is 0 Å². The summed E-state index contributed by atoms with van der Waals surface area (Å²) >= 11 is 0. The average Bonchev–Trinajstić information content (AvgIpc) is 1.83. The number of hydrogen-bond donors (Lipinski definition) is 2. The Kier molecular flexibility index (Phi) is 3.43. The summed E-state index contributed by atoms with van der Waals surface area (Å²) in [6.07, 6.45) is 0.137. The smallest absolute Gasteiger partial charge is 0.303 e. The first kappa shape index (κ1) is 7.94. The van der Waals surface area contributed by atoms with Crippen molar-refractivity contribution in [3.05, 3.63) is 0 Å². The monoisotopic (exact) mass is 131 g/mol. The summed E-state index contributed by atoms with van der Waals surface area (Å²) in [5.41, 5.74) is 0. The Bertz CT molecular complexity index is 121. The van der Waals surface area contributed by atoms with E-state index in [1.807, 2.05) is 0 Å². The molecule has 0 unspecified atom stereocenters. The molecule has 0 aliphatic carbocycles. The van der Waals surface area contributed by atoms with Crippen LogP contribution in [-0.2, 0) is 9.53 Å². The van der Waals surface area contributed by atoms with E-state index in [0.717, 1.165) is 0 Å². The number of methoxy groups -OCH3 is 1. The van der Waals surface area contributed by atoms with E-state index in [2.05, 4.69) is 4.74 Å². The number of rotatable bonds is 3. The van der Waals surface area contributed by atoms with Crippen molar-refractivity contribution in [2.75, 3.05) is 7.11 Å².